The van der Waals surface area contributed by atoms with Crippen molar-refractivity contribution in [2.24, 2.45) is 5.92 Å². The second-order valence-corrected chi connectivity index (χ2v) is 11.7. The van der Waals surface area contributed by atoms with Crippen LogP contribution in [0.2, 0.25) is 0 Å². The normalized spacial score (nSPS) is 19.2. The summed E-state index contributed by atoms with van der Waals surface area (Å²) in [6.07, 6.45) is 2.91. The minimum Gasteiger partial charge on any atom is -0.494 e. The number of piperidine rings is 1. The molecule has 0 saturated carbocycles. The third kappa shape index (κ3) is 5.33. The molecule has 3 heterocycles. The standard InChI is InChI=1S/C28H31N3O5S/c1-2-3-15-36-24-11-7-21(8-12-24)28(33)29-23-9-13-25(14-10-23)37(34,35)30-17-20-16-22(19-30)26-5-4-6-27(32)31(26)18-20/h4-14,20,22H,2-3,15-19H2,1H3,(H,29,33)/t20-,22+/m1/s1. The highest BCUT2D eigenvalue weighted by molar-refractivity contribution is 7.89. The van der Waals surface area contributed by atoms with Crippen molar-refractivity contribution in [2.45, 2.75) is 43.5 Å². The molecule has 8 nitrogen and oxygen atoms in total. The van der Waals surface area contributed by atoms with Crippen LogP contribution >= 0.6 is 0 Å². The van der Waals surface area contributed by atoms with Crippen LogP contribution in [0.15, 0.2) is 76.4 Å². The molecule has 1 N–H and O–H groups in total. The summed E-state index contributed by atoms with van der Waals surface area (Å²) in [5, 5.41) is 2.82. The summed E-state index contributed by atoms with van der Waals surface area (Å²) in [7, 11) is -3.71. The number of unbranched alkanes of at least 4 members (excludes halogenated alkanes) is 1. The van der Waals surface area contributed by atoms with Crippen molar-refractivity contribution in [1.29, 1.82) is 0 Å². The van der Waals surface area contributed by atoms with Gasteiger partial charge in [-0.3, -0.25) is 9.59 Å². The fraction of sp³-hybridized carbons (Fsp3) is 0.357. The van der Waals surface area contributed by atoms with E-state index in [1.165, 1.54) is 16.4 Å². The molecule has 2 aromatic carbocycles. The summed E-state index contributed by atoms with van der Waals surface area (Å²) in [6, 6.07) is 18.4. The zero-order chi connectivity index (χ0) is 26.0. The Morgan fingerprint density at radius 2 is 1.76 bits per heavy atom. The van der Waals surface area contributed by atoms with Crippen molar-refractivity contribution < 1.29 is 17.9 Å². The first kappa shape index (κ1) is 25.2. The fourth-order valence-corrected chi connectivity index (χ4v) is 6.71. The van der Waals surface area contributed by atoms with Gasteiger partial charge in [0.15, 0.2) is 0 Å². The van der Waals surface area contributed by atoms with Gasteiger partial charge in [0, 0.05) is 48.6 Å². The van der Waals surface area contributed by atoms with Gasteiger partial charge in [-0.2, -0.15) is 4.31 Å². The first-order valence-corrected chi connectivity index (χ1v) is 14.1. The van der Waals surface area contributed by atoms with E-state index in [0.717, 1.165) is 30.7 Å². The van der Waals surface area contributed by atoms with Gasteiger partial charge in [0.1, 0.15) is 5.75 Å². The number of nitrogens with one attached hydrogen (secondary N) is 1. The molecule has 2 atom stereocenters. The van der Waals surface area contributed by atoms with Crippen molar-refractivity contribution in [3.63, 3.8) is 0 Å². The minimum absolute atomic E-state index is 0.00169. The van der Waals surface area contributed by atoms with Crippen molar-refractivity contribution in [2.75, 3.05) is 25.0 Å². The molecule has 9 heteroatoms. The first-order valence-electron chi connectivity index (χ1n) is 12.7. The molecule has 0 aliphatic carbocycles. The van der Waals surface area contributed by atoms with Gasteiger partial charge in [0.05, 0.1) is 11.5 Å². The van der Waals surface area contributed by atoms with Crippen molar-refractivity contribution in [1.82, 2.24) is 8.87 Å². The third-order valence-electron chi connectivity index (χ3n) is 7.08. The molecule has 194 valence electrons. The maximum atomic E-state index is 13.4. The predicted octanol–water partition coefficient (Wildman–Crippen LogP) is 4.09. The van der Waals surface area contributed by atoms with Gasteiger partial charge < -0.3 is 14.6 Å². The number of carbonyl (C=O) groups excluding carboxylic acids is 1. The van der Waals surface area contributed by atoms with Gasteiger partial charge in [-0.1, -0.05) is 19.4 Å². The van der Waals surface area contributed by atoms with Crippen LogP contribution in [0.5, 0.6) is 5.75 Å². The number of rotatable bonds is 8. The van der Waals surface area contributed by atoms with Gasteiger partial charge in [0.25, 0.3) is 11.5 Å². The van der Waals surface area contributed by atoms with Gasteiger partial charge in [-0.25, -0.2) is 8.42 Å². The number of aromatic nitrogens is 1. The molecule has 1 saturated heterocycles. The molecule has 1 aromatic heterocycles. The van der Waals surface area contributed by atoms with Crippen LogP contribution in [-0.2, 0) is 16.6 Å². The summed E-state index contributed by atoms with van der Waals surface area (Å²) < 4.78 is 35.8. The summed E-state index contributed by atoms with van der Waals surface area (Å²) in [6.45, 7) is 4.01. The molecule has 0 radical (unpaired) electrons. The largest absolute Gasteiger partial charge is 0.494 e. The van der Waals surface area contributed by atoms with Gasteiger partial charge in [0.2, 0.25) is 10.0 Å². The second-order valence-electron chi connectivity index (χ2n) is 9.73. The number of sulfonamides is 1. The maximum Gasteiger partial charge on any atom is 0.255 e. The number of fused-ring (bicyclic) bond motifs is 4. The molecule has 1 amide bonds. The van der Waals surface area contributed by atoms with Crippen LogP contribution in [0.25, 0.3) is 0 Å². The van der Waals surface area contributed by atoms with Crippen LogP contribution in [0.4, 0.5) is 5.69 Å². The smallest absolute Gasteiger partial charge is 0.255 e. The summed E-state index contributed by atoms with van der Waals surface area (Å²) >= 11 is 0. The van der Waals surface area contributed by atoms with Gasteiger partial charge in [-0.05, 0) is 73.4 Å². The van der Waals surface area contributed by atoms with Crippen LogP contribution in [0.1, 0.15) is 48.2 Å². The number of amides is 1. The number of hydrogen-bond donors (Lipinski definition) is 1. The number of carbonyl (C=O) groups is 1. The highest BCUT2D eigenvalue weighted by atomic mass is 32.2. The van der Waals surface area contributed by atoms with E-state index in [1.54, 1.807) is 53.1 Å². The topological polar surface area (TPSA) is 97.7 Å². The number of nitrogens with zero attached hydrogens (tertiary/aromatic N) is 2. The SMILES string of the molecule is CCCCOc1ccc(C(=O)Nc2ccc(S(=O)(=O)N3C[C@H]4C[C@@H](C3)c3cccc(=O)n3C4)cc2)cc1. The monoisotopic (exact) mass is 521 g/mol. The quantitative estimate of drug-likeness (QED) is 0.451. The minimum atomic E-state index is -3.71. The molecule has 2 bridgehead atoms. The zero-order valence-corrected chi connectivity index (χ0v) is 21.6. The van der Waals surface area contributed by atoms with Crippen LogP contribution in [-0.4, -0.2) is 42.9 Å². The summed E-state index contributed by atoms with van der Waals surface area (Å²) in [4.78, 5) is 25.1. The lowest BCUT2D eigenvalue weighted by Gasteiger charge is -2.42. The lowest BCUT2D eigenvalue weighted by molar-refractivity contribution is 0.102. The van der Waals surface area contributed by atoms with Crippen molar-refractivity contribution >= 4 is 21.6 Å². The highest BCUT2D eigenvalue weighted by Gasteiger charge is 2.39. The van der Waals surface area contributed by atoms with E-state index in [-0.39, 0.29) is 28.2 Å². The van der Waals surface area contributed by atoms with Crippen LogP contribution in [0, 0.1) is 5.92 Å². The number of benzene rings is 2. The number of hydrogen-bond acceptors (Lipinski definition) is 5. The van der Waals surface area contributed by atoms with E-state index >= 15 is 0 Å². The molecular weight excluding hydrogens is 490 g/mol. The molecule has 3 aromatic rings. The van der Waals surface area contributed by atoms with Crippen LogP contribution < -0.4 is 15.6 Å². The van der Waals surface area contributed by atoms with E-state index in [0.29, 0.717) is 37.5 Å². The van der Waals surface area contributed by atoms with E-state index in [4.69, 9.17) is 4.74 Å². The Bertz CT molecular complexity index is 1430. The molecule has 1 fully saturated rings. The molecule has 37 heavy (non-hydrogen) atoms. The Morgan fingerprint density at radius 3 is 2.49 bits per heavy atom. The highest BCUT2D eigenvalue weighted by Crippen LogP contribution is 2.37. The molecule has 0 spiro atoms. The number of anilines is 1. The van der Waals surface area contributed by atoms with E-state index in [1.807, 2.05) is 6.07 Å². The maximum absolute atomic E-state index is 13.4. The van der Waals surface area contributed by atoms with E-state index in [9.17, 15) is 18.0 Å². The Balaban J connectivity index is 1.25. The van der Waals surface area contributed by atoms with Crippen molar-refractivity contribution in [3.05, 3.63) is 88.3 Å². The third-order valence-corrected chi connectivity index (χ3v) is 8.93. The number of pyridine rings is 1. The molecule has 0 unspecified atom stereocenters. The lowest BCUT2D eigenvalue weighted by atomic mass is 9.84. The average Bonchev–Trinajstić information content (AvgIpc) is 2.90. The Kier molecular flexibility index (Phi) is 7.17. The van der Waals surface area contributed by atoms with E-state index < -0.39 is 10.0 Å². The second kappa shape index (κ2) is 10.5. The Labute approximate surface area is 216 Å². The predicted molar refractivity (Wildman–Crippen MR) is 142 cm³/mol. The Morgan fingerprint density at radius 1 is 1.00 bits per heavy atom. The molecule has 5 rings (SSSR count). The summed E-state index contributed by atoms with van der Waals surface area (Å²) in [5.41, 5.74) is 1.87. The lowest BCUT2D eigenvalue weighted by Crippen LogP contribution is -2.48. The fourth-order valence-electron chi connectivity index (χ4n) is 5.15. The molecule has 2 aliphatic heterocycles. The number of ether oxygens (including phenoxy) is 1. The Hall–Kier alpha value is -3.43. The molecule has 2 aliphatic rings. The van der Waals surface area contributed by atoms with Crippen molar-refractivity contribution in [3.8, 4) is 5.75 Å². The van der Waals surface area contributed by atoms with Gasteiger partial charge in [-0.15, -0.1) is 0 Å². The van der Waals surface area contributed by atoms with Crippen LogP contribution in [0.3, 0.4) is 0 Å². The van der Waals surface area contributed by atoms with E-state index in [2.05, 4.69) is 12.2 Å². The molecular formula is C28H31N3O5S. The average molecular weight is 522 g/mol. The zero-order valence-electron chi connectivity index (χ0n) is 20.8. The summed E-state index contributed by atoms with van der Waals surface area (Å²) in [5.74, 6) is 0.534. The first-order chi connectivity index (χ1) is 17.8. The van der Waals surface area contributed by atoms with Gasteiger partial charge >= 0.3 is 0 Å².